The Balaban J connectivity index is 1.70. The number of fused-ring (bicyclic) bond motifs is 1. The minimum atomic E-state index is 0.00892. The summed E-state index contributed by atoms with van der Waals surface area (Å²) in [5.74, 6) is 0.376. The van der Waals surface area contributed by atoms with Crippen molar-refractivity contribution in [2.24, 2.45) is 0 Å². The molecule has 2 aliphatic heterocycles. The molecule has 1 N–H and O–H groups in total. The number of rotatable bonds is 2. The number of piperidine rings is 1. The molecule has 2 aliphatic rings. The maximum absolute atomic E-state index is 13.2. The van der Waals surface area contributed by atoms with Gasteiger partial charge in [-0.25, -0.2) is 4.98 Å². The van der Waals surface area contributed by atoms with Gasteiger partial charge in [-0.15, -0.1) is 0 Å². The third-order valence-electron chi connectivity index (χ3n) is 5.48. The largest absolute Gasteiger partial charge is 0.332 e. The van der Waals surface area contributed by atoms with Gasteiger partial charge in [-0.2, -0.15) is 0 Å². The van der Waals surface area contributed by atoms with Gasteiger partial charge in [-0.1, -0.05) is 36.8 Å². The van der Waals surface area contributed by atoms with Crippen molar-refractivity contribution in [3.63, 3.8) is 0 Å². The number of benzene rings is 1. The van der Waals surface area contributed by atoms with E-state index < -0.39 is 0 Å². The monoisotopic (exact) mass is 336 g/mol. The van der Waals surface area contributed by atoms with Gasteiger partial charge in [0.1, 0.15) is 5.69 Å². The molecule has 2 saturated heterocycles. The van der Waals surface area contributed by atoms with Gasteiger partial charge in [0.25, 0.3) is 5.91 Å². The molecule has 0 radical (unpaired) electrons. The molecule has 0 aliphatic carbocycles. The Morgan fingerprint density at radius 2 is 2.00 bits per heavy atom. The van der Waals surface area contributed by atoms with E-state index in [0.29, 0.717) is 17.7 Å². The Labute approximate surface area is 148 Å². The van der Waals surface area contributed by atoms with Gasteiger partial charge < -0.3 is 10.2 Å². The van der Waals surface area contributed by atoms with Crippen LogP contribution in [0.1, 0.15) is 47.7 Å². The molecular formula is C20H24N4O. The van der Waals surface area contributed by atoms with Gasteiger partial charge in [0, 0.05) is 30.9 Å². The number of carbonyl (C=O) groups is 1. The summed E-state index contributed by atoms with van der Waals surface area (Å²) in [6.45, 7) is 1.80. The summed E-state index contributed by atoms with van der Waals surface area (Å²) in [6.07, 6.45) is 9.15. The fraction of sp³-hybridized carbons (Fsp3) is 0.450. The van der Waals surface area contributed by atoms with Crippen LogP contribution in [0.25, 0.3) is 0 Å². The molecule has 2 fully saturated rings. The number of hydrogen-bond acceptors (Lipinski definition) is 4. The minimum Gasteiger partial charge on any atom is -0.332 e. The average molecular weight is 336 g/mol. The molecule has 3 atom stereocenters. The number of carbonyl (C=O) groups excluding carboxylic acids is 1. The van der Waals surface area contributed by atoms with Crippen LogP contribution in [0.2, 0.25) is 0 Å². The second kappa shape index (κ2) is 7.31. The molecule has 5 nitrogen and oxygen atoms in total. The van der Waals surface area contributed by atoms with Crippen LogP contribution in [0.3, 0.4) is 0 Å². The number of nitrogens with one attached hydrogen (secondary N) is 1. The van der Waals surface area contributed by atoms with Gasteiger partial charge in [0.2, 0.25) is 0 Å². The summed E-state index contributed by atoms with van der Waals surface area (Å²) < 4.78 is 0. The summed E-state index contributed by atoms with van der Waals surface area (Å²) in [6, 6.07) is 11.2. The Morgan fingerprint density at radius 3 is 2.80 bits per heavy atom. The van der Waals surface area contributed by atoms with E-state index in [0.717, 1.165) is 38.8 Å². The van der Waals surface area contributed by atoms with E-state index in [4.69, 9.17) is 0 Å². The van der Waals surface area contributed by atoms with Gasteiger partial charge in [-0.3, -0.25) is 9.78 Å². The fourth-order valence-corrected chi connectivity index (χ4v) is 4.36. The van der Waals surface area contributed by atoms with Crippen molar-refractivity contribution in [3.8, 4) is 0 Å². The van der Waals surface area contributed by atoms with Crippen LogP contribution < -0.4 is 5.32 Å². The van der Waals surface area contributed by atoms with E-state index in [2.05, 4.69) is 50.5 Å². The van der Waals surface area contributed by atoms with Crippen molar-refractivity contribution < 1.29 is 4.79 Å². The lowest BCUT2D eigenvalue weighted by Crippen LogP contribution is -2.57. The summed E-state index contributed by atoms with van der Waals surface area (Å²) in [5.41, 5.74) is 1.78. The summed E-state index contributed by atoms with van der Waals surface area (Å²) >= 11 is 0. The topological polar surface area (TPSA) is 58.1 Å². The zero-order valence-corrected chi connectivity index (χ0v) is 14.3. The summed E-state index contributed by atoms with van der Waals surface area (Å²) in [4.78, 5) is 23.6. The molecule has 0 spiro atoms. The Bertz CT molecular complexity index is 706. The molecule has 0 bridgehead atoms. The van der Waals surface area contributed by atoms with E-state index in [1.54, 1.807) is 18.6 Å². The molecule has 0 saturated carbocycles. The second-order valence-corrected chi connectivity index (χ2v) is 6.94. The Morgan fingerprint density at radius 1 is 1.12 bits per heavy atom. The first kappa shape index (κ1) is 16.2. The number of aromatic nitrogens is 2. The number of nitrogens with zero attached hydrogens (tertiary/aromatic N) is 3. The minimum absolute atomic E-state index is 0.00892. The quantitative estimate of drug-likeness (QED) is 0.916. The Hall–Kier alpha value is -2.27. The first-order valence-electron chi connectivity index (χ1n) is 9.20. The maximum Gasteiger partial charge on any atom is 0.274 e. The highest BCUT2D eigenvalue weighted by Crippen LogP contribution is 2.35. The van der Waals surface area contributed by atoms with Crippen LogP contribution in [0, 0.1) is 0 Å². The predicted molar refractivity (Wildman–Crippen MR) is 96.3 cm³/mol. The molecule has 2 aromatic rings. The van der Waals surface area contributed by atoms with E-state index in [-0.39, 0.29) is 11.9 Å². The lowest BCUT2D eigenvalue weighted by Gasteiger charge is -2.44. The average Bonchev–Trinajstić information content (AvgIpc) is 2.91. The standard InChI is InChI=1S/C20H24N4O/c25-20(18-14-21-11-12-23-18)24-13-5-4-8-17-19(24)16(9-10-22-17)15-6-2-1-3-7-15/h1-3,6-7,11-12,14,16-17,19,22H,4-5,8-10,13H2/t16-,17-,19-/m1/s1. The van der Waals surface area contributed by atoms with Crippen LogP contribution in [0.4, 0.5) is 0 Å². The van der Waals surface area contributed by atoms with Gasteiger partial charge >= 0.3 is 0 Å². The third-order valence-corrected chi connectivity index (χ3v) is 5.48. The molecule has 1 aromatic heterocycles. The third kappa shape index (κ3) is 3.29. The van der Waals surface area contributed by atoms with E-state index >= 15 is 0 Å². The number of amides is 1. The highest BCUT2D eigenvalue weighted by molar-refractivity contribution is 5.92. The molecular weight excluding hydrogens is 312 g/mol. The normalized spacial score (nSPS) is 26.6. The predicted octanol–water partition coefficient (Wildman–Crippen LogP) is 2.62. The van der Waals surface area contributed by atoms with Crippen LogP contribution >= 0.6 is 0 Å². The molecule has 1 amide bonds. The number of likely N-dealkylation sites (tertiary alicyclic amines) is 1. The van der Waals surface area contributed by atoms with Gasteiger partial charge in [0.05, 0.1) is 12.2 Å². The summed E-state index contributed by atoms with van der Waals surface area (Å²) in [5, 5.41) is 3.67. The van der Waals surface area contributed by atoms with Crippen LogP contribution in [0.5, 0.6) is 0 Å². The van der Waals surface area contributed by atoms with Crippen molar-refractivity contribution in [2.75, 3.05) is 13.1 Å². The van der Waals surface area contributed by atoms with Crippen molar-refractivity contribution in [3.05, 3.63) is 60.2 Å². The van der Waals surface area contributed by atoms with Gasteiger partial charge in [-0.05, 0) is 31.4 Å². The van der Waals surface area contributed by atoms with E-state index in [9.17, 15) is 4.79 Å². The molecule has 4 rings (SSSR count). The highest BCUT2D eigenvalue weighted by Gasteiger charge is 2.41. The van der Waals surface area contributed by atoms with E-state index in [1.165, 1.54) is 5.56 Å². The SMILES string of the molecule is O=C(c1cnccn1)N1CCCC[C@H]2NCC[C@H](c3ccccc3)[C@H]21. The van der Waals surface area contributed by atoms with Crippen LogP contribution in [-0.4, -0.2) is 45.9 Å². The summed E-state index contributed by atoms with van der Waals surface area (Å²) in [7, 11) is 0. The Kier molecular flexibility index (Phi) is 4.74. The molecule has 5 heteroatoms. The van der Waals surface area contributed by atoms with Crippen molar-refractivity contribution in [2.45, 2.75) is 43.7 Å². The highest BCUT2D eigenvalue weighted by atomic mass is 16.2. The molecule has 1 aromatic carbocycles. The second-order valence-electron chi connectivity index (χ2n) is 6.94. The molecule has 3 heterocycles. The molecule has 0 unspecified atom stereocenters. The van der Waals surface area contributed by atoms with E-state index in [1.807, 2.05) is 0 Å². The van der Waals surface area contributed by atoms with Crippen LogP contribution in [-0.2, 0) is 0 Å². The lowest BCUT2D eigenvalue weighted by atomic mass is 9.80. The van der Waals surface area contributed by atoms with Crippen LogP contribution in [0.15, 0.2) is 48.9 Å². The first-order chi connectivity index (χ1) is 12.3. The zero-order valence-electron chi connectivity index (χ0n) is 14.3. The first-order valence-corrected chi connectivity index (χ1v) is 9.20. The lowest BCUT2D eigenvalue weighted by molar-refractivity contribution is 0.0568. The van der Waals surface area contributed by atoms with Crippen molar-refractivity contribution in [1.29, 1.82) is 0 Å². The molecule has 130 valence electrons. The van der Waals surface area contributed by atoms with Crippen molar-refractivity contribution in [1.82, 2.24) is 20.2 Å². The number of hydrogen-bond donors (Lipinski definition) is 1. The van der Waals surface area contributed by atoms with Crippen molar-refractivity contribution >= 4 is 5.91 Å². The smallest absolute Gasteiger partial charge is 0.274 e. The molecule has 25 heavy (non-hydrogen) atoms. The van der Waals surface area contributed by atoms with Gasteiger partial charge in [0.15, 0.2) is 0 Å². The zero-order chi connectivity index (χ0) is 17.1. The fourth-order valence-electron chi connectivity index (χ4n) is 4.36. The maximum atomic E-state index is 13.2.